The number of sulfonamides is 1. The van der Waals surface area contributed by atoms with E-state index in [0.717, 1.165) is 35.3 Å². The highest BCUT2D eigenvalue weighted by molar-refractivity contribution is 7.89. The molecule has 2 fully saturated rings. The van der Waals surface area contributed by atoms with E-state index in [-0.39, 0.29) is 38.0 Å². The van der Waals surface area contributed by atoms with Crippen LogP contribution in [-0.2, 0) is 14.8 Å². The van der Waals surface area contributed by atoms with Gasteiger partial charge in [0, 0.05) is 32.7 Å². The molecule has 3 heterocycles. The van der Waals surface area contributed by atoms with Crippen molar-refractivity contribution in [1.29, 1.82) is 0 Å². The number of thiophene rings is 1. The molecule has 0 aliphatic carbocycles. The van der Waals surface area contributed by atoms with E-state index < -0.39 is 32.6 Å². The second kappa shape index (κ2) is 9.24. The number of carbonyl (C=O) groups excluding carboxylic acids is 2. The van der Waals surface area contributed by atoms with Crippen molar-refractivity contribution in [3.63, 3.8) is 0 Å². The van der Waals surface area contributed by atoms with E-state index in [1.54, 1.807) is 17.0 Å². The van der Waals surface area contributed by atoms with Gasteiger partial charge in [0.05, 0.1) is 4.88 Å². The Morgan fingerprint density at radius 2 is 1.62 bits per heavy atom. The zero-order valence-electron chi connectivity index (χ0n) is 17.2. The number of carbonyl (C=O) groups is 2. The molecule has 0 saturated carbocycles. The summed E-state index contributed by atoms with van der Waals surface area (Å²) in [4.78, 5) is 28.8. The van der Waals surface area contributed by atoms with Crippen LogP contribution < -0.4 is 0 Å². The molecule has 32 heavy (non-hydrogen) atoms. The van der Waals surface area contributed by atoms with Crippen LogP contribution in [0.2, 0.25) is 0 Å². The van der Waals surface area contributed by atoms with Crippen molar-refractivity contribution in [3.8, 4) is 0 Å². The first-order valence-electron chi connectivity index (χ1n) is 10.4. The molecule has 2 saturated heterocycles. The predicted molar refractivity (Wildman–Crippen MR) is 115 cm³/mol. The van der Waals surface area contributed by atoms with Crippen LogP contribution in [-0.4, -0.2) is 73.1 Å². The third-order valence-electron chi connectivity index (χ3n) is 5.85. The fraction of sp³-hybridized carbons (Fsp3) is 0.429. The van der Waals surface area contributed by atoms with Crippen LogP contribution in [0.3, 0.4) is 0 Å². The number of piperidine rings is 1. The molecule has 7 nitrogen and oxygen atoms in total. The lowest BCUT2D eigenvalue weighted by atomic mass is 10.00. The highest BCUT2D eigenvalue weighted by atomic mass is 32.2. The van der Waals surface area contributed by atoms with Crippen LogP contribution >= 0.6 is 11.3 Å². The van der Waals surface area contributed by atoms with Crippen molar-refractivity contribution in [3.05, 3.63) is 52.2 Å². The summed E-state index contributed by atoms with van der Waals surface area (Å²) < 4.78 is 54.6. The van der Waals surface area contributed by atoms with Gasteiger partial charge in [0.25, 0.3) is 5.91 Å². The Morgan fingerprint density at radius 3 is 2.25 bits per heavy atom. The van der Waals surface area contributed by atoms with Crippen LogP contribution in [0, 0.1) is 11.6 Å². The number of hydrogen-bond donors (Lipinski definition) is 0. The van der Waals surface area contributed by atoms with Gasteiger partial charge >= 0.3 is 0 Å². The number of rotatable bonds is 4. The van der Waals surface area contributed by atoms with E-state index in [9.17, 15) is 26.8 Å². The van der Waals surface area contributed by atoms with Crippen molar-refractivity contribution in [2.45, 2.75) is 30.2 Å². The zero-order chi connectivity index (χ0) is 22.9. The molecule has 2 aliphatic rings. The molecule has 4 rings (SSSR count). The molecule has 1 aromatic carbocycles. The van der Waals surface area contributed by atoms with Crippen LogP contribution in [0.15, 0.2) is 40.6 Å². The van der Waals surface area contributed by atoms with Crippen LogP contribution in [0.25, 0.3) is 0 Å². The van der Waals surface area contributed by atoms with E-state index in [0.29, 0.717) is 17.8 Å². The Balaban J connectivity index is 1.45. The van der Waals surface area contributed by atoms with Crippen molar-refractivity contribution in [2.75, 3.05) is 32.7 Å². The number of likely N-dealkylation sites (tertiary alicyclic amines) is 1. The molecule has 2 aliphatic heterocycles. The molecule has 0 unspecified atom stereocenters. The monoisotopic (exact) mass is 483 g/mol. The minimum absolute atomic E-state index is 0.0760. The standard InChI is InChI=1S/C21H23F2N3O4S2/c22-15-5-3-6-16(23)19(15)32(29,30)25-12-10-24(11-13-25)20(27)17-7-1-2-9-26(17)21(28)18-8-4-14-31-18/h3-6,8,14,17H,1-2,7,9-13H2/t17-/m0/s1. The van der Waals surface area contributed by atoms with Crippen LogP contribution in [0.5, 0.6) is 0 Å². The maximum absolute atomic E-state index is 14.0. The van der Waals surface area contributed by atoms with Gasteiger partial charge in [-0.15, -0.1) is 11.3 Å². The Kier molecular flexibility index (Phi) is 6.59. The average Bonchev–Trinajstić information content (AvgIpc) is 3.33. The molecule has 1 aromatic heterocycles. The lowest BCUT2D eigenvalue weighted by molar-refractivity contribution is -0.138. The molecule has 0 radical (unpaired) electrons. The first kappa shape index (κ1) is 22.8. The van der Waals surface area contributed by atoms with Gasteiger partial charge < -0.3 is 9.80 Å². The van der Waals surface area contributed by atoms with E-state index in [2.05, 4.69) is 0 Å². The summed E-state index contributed by atoms with van der Waals surface area (Å²) >= 11 is 1.33. The average molecular weight is 484 g/mol. The molecule has 0 bridgehead atoms. The topological polar surface area (TPSA) is 78.0 Å². The van der Waals surface area contributed by atoms with Gasteiger partial charge in [-0.3, -0.25) is 9.59 Å². The maximum Gasteiger partial charge on any atom is 0.264 e. The minimum atomic E-state index is -4.37. The third kappa shape index (κ3) is 4.28. The molecule has 11 heteroatoms. The van der Waals surface area contributed by atoms with Crippen molar-refractivity contribution in [2.24, 2.45) is 0 Å². The van der Waals surface area contributed by atoms with Crippen molar-refractivity contribution in [1.82, 2.24) is 14.1 Å². The molecular weight excluding hydrogens is 460 g/mol. The Labute approximate surface area is 189 Å². The number of benzene rings is 1. The lowest BCUT2D eigenvalue weighted by Crippen LogP contribution is -2.57. The lowest BCUT2D eigenvalue weighted by Gasteiger charge is -2.40. The molecule has 172 valence electrons. The van der Waals surface area contributed by atoms with E-state index >= 15 is 0 Å². The zero-order valence-corrected chi connectivity index (χ0v) is 18.9. The van der Waals surface area contributed by atoms with Gasteiger partial charge in [-0.05, 0) is 42.8 Å². The largest absolute Gasteiger partial charge is 0.338 e. The number of piperazine rings is 1. The van der Waals surface area contributed by atoms with Crippen molar-refractivity contribution < 1.29 is 26.8 Å². The predicted octanol–water partition coefficient (Wildman–Crippen LogP) is 2.55. The van der Waals surface area contributed by atoms with Gasteiger partial charge in [0.2, 0.25) is 15.9 Å². The SMILES string of the molecule is O=C([C@@H]1CCCCN1C(=O)c1cccs1)N1CCN(S(=O)(=O)c2c(F)cccc2F)CC1. The molecular formula is C21H23F2N3O4S2. The van der Waals surface area contributed by atoms with E-state index in [1.165, 1.54) is 16.2 Å². The number of nitrogens with zero attached hydrogens (tertiary/aromatic N) is 3. The number of amides is 2. The molecule has 2 amide bonds. The van der Waals surface area contributed by atoms with E-state index in [1.807, 2.05) is 5.38 Å². The summed E-state index contributed by atoms with van der Waals surface area (Å²) in [5.74, 6) is -2.68. The van der Waals surface area contributed by atoms with Gasteiger partial charge in [0.1, 0.15) is 17.7 Å². The Morgan fingerprint density at radius 1 is 0.938 bits per heavy atom. The summed E-state index contributed by atoms with van der Waals surface area (Å²) in [6, 6.07) is 5.83. The maximum atomic E-state index is 14.0. The van der Waals surface area contributed by atoms with Crippen LogP contribution in [0.4, 0.5) is 8.78 Å². The van der Waals surface area contributed by atoms with Gasteiger partial charge in [-0.1, -0.05) is 12.1 Å². The molecule has 2 aromatic rings. The first-order chi connectivity index (χ1) is 15.3. The summed E-state index contributed by atoms with van der Waals surface area (Å²) in [7, 11) is -4.37. The summed E-state index contributed by atoms with van der Waals surface area (Å²) in [5.41, 5.74) is 0. The third-order valence-corrected chi connectivity index (χ3v) is 8.66. The fourth-order valence-electron chi connectivity index (χ4n) is 4.19. The number of halogens is 2. The fourth-order valence-corrected chi connectivity index (χ4v) is 6.40. The Hall–Kier alpha value is -2.37. The second-order valence-electron chi connectivity index (χ2n) is 7.77. The van der Waals surface area contributed by atoms with Crippen LogP contribution in [0.1, 0.15) is 28.9 Å². The smallest absolute Gasteiger partial charge is 0.264 e. The highest BCUT2D eigenvalue weighted by Gasteiger charge is 2.39. The summed E-state index contributed by atoms with van der Waals surface area (Å²) in [6.07, 6.45) is 2.20. The molecule has 0 N–H and O–H groups in total. The van der Waals surface area contributed by atoms with Crippen molar-refractivity contribution >= 4 is 33.2 Å². The Bertz CT molecular complexity index is 1080. The normalized spacial score (nSPS) is 20.4. The van der Waals surface area contributed by atoms with Gasteiger partial charge in [-0.25, -0.2) is 17.2 Å². The molecule has 0 spiro atoms. The van der Waals surface area contributed by atoms with E-state index in [4.69, 9.17) is 0 Å². The molecule has 1 atom stereocenters. The first-order valence-corrected chi connectivity index (χ1v) is 12.7. The second-order valence-corrected chi connectivity index (χ2v) is 10.6. The van der Waals surface area contributed by atoms with Gasteiger partial charge in [-0.2, -0.15) is 4.31 Å². The quantitative estimate of drug-likeness (QED) is 0.670. The number of hydrogen-bond acceptors (Lipinski definition) is 5. The van der Waals surface area contributed by atoms with Gasteiger partial charge in [0.15, 0.2) is 4.90 Å². The minimum Gasteiger partial charge on any atom is -0.338 e. The summed E-state index contributed by atoms with van der Waals surface area (Å²) in [5, 5.41) is 1.81. The highest BCUT2D eigenvalue weighted by Crippen LogP contribution is 2.26. The summed E-state index contributed by atoms with van der Waals surface area (Å²) in [6.45, 7) is 0.520.